The Morgan fingerprint density at radius 1 is 1.12 bits per heavy atom. The summed E-state index contributed by atoms with van der Waals surface area (Å²) in [7, 11) is 3.68. The van der Waals surface area contributed by atoms with Crippen molar-refractivity contribution in [1.29, 1.82) is 0 Å². The number of ether oxygens (including phenoxy) is 2. The summed E-state index contributed by atoms with van der Waals surface area (Å²) in [6, 6.07) is 0.459. The fourth-order valence-corrected chi connectivity index (χ4v) is 1.62. The van der Waals surface area contributed by atoms with Gasteiger partial charge in [-0.25, -0.2) is 0 Å². The fourth-order valence-electron chi connectivity index (χ4n) is 1.62. The smallest absolute Gasteiger partial charge is 0.0900 e. The highest BCUT2D eigenvalue weighted by atomic mass is 16.5. The van der Waals surface area contributed by atoms with E-state index in [1.807, 2.05) is 14.0 Å². The Morgan fingerprint density at radius 3 is 2.18 bits per heavy atom. The Kier molecular flexibility index (Phi) is 8.78. The molecule has 0 fully saturated rings. The Bertz CT molecular complexity index is 188. The third kappa shape index (κ3) is 7.71. The second-order valence-electron chi connectivity index (χ2n) is 5.18. The minimum Gasteiger partial charge on any atom is -0.389 e. The lowest BCUT2D eigenvalue weighted by molar-refractivity contribution is -0.0413. The minimum atomic E-state index is -0.444. The normalized spacial score (nSPS) is 17.5. The van der Waals surface area contributed by atoms with Crippen LogP contribution in [0.1, 0.15) is 27.7 Å². The monoisotopic (exact) mass is 247 g/mol. The molecule has 0 aromatic heterocycles. The van der Waals surface area contributed by atoms with Crippen LogP contribution in [0.25, 0.3) is 0 Å². The summed E-state index contributed by atoms with van der Waals surface area (Å²) in [4.78, 5) is 2.17. The molecule has 0 aromatic rings. The van der Waals surface area contributed by atoms with Crippen LogP contribution in [0, 0.1) is 5.92 Å². The van der Waals surface area contributed by atoms with Crippen molar-refractivity contribution < 1.29 is 14.6 Å². The van der Waals surface area contributed by atoms with E-state index in [0.717, 1.165) is 0 Å². The second kappa shape index (κ2) is 8.86. The van der Waals surface area contributed by atoms with Crippen LogP contribution < -0.4 is 0 Å². The van der Waals surface area contributed by atoms with Crippen LogP contribution >= 0.6 is 0 Å². The number of aliphatic hydroxyl groups is 1. The molecule has 0 saturated heterocycles. The van der Waals surface area contributed by atoms with Crippen molar-refractivity contribution in [3.8, 4) is 0 Å². The summed E-state index contributed by atoms with van der Waals surface area (Å²) < 4.78 is 10.5. The standard InChI is InChI=1S/C13H29NO3/c1-10(2)12(4)14(5)7-13(15)9-17-11(3)8-16-6/h10-13,15H,7-9H2,1-6H3. The van der Waals surface area contributed by atoms with Crippen LogP contribution in [-0.2, 0) is 9.47 Å². The zero-order valence-corrected chi connectivity index (χ0v) is 12.1. The third-order valence-electron chi connectivity index (χ3n) is 3.13. The first kappa shape index (κ1) is 16.8. The van der Waals surface area contributed by atoms with Crippen molar-refractivity contribution in [3.63, 3.8) is 0 Å². The lowest BCUT2D eigenvalue weighted by atomic mass is 10.1. The van der Waals surface area contributed by atoms with Gasteiger partial charge in [-0.15, -0.1) is 0 Å². The van der Waals surface area contributed by atoms with E-state index in [2.05, 4.69) is 25.7 Å². The van der Waals surface area contributed by atoms with Gasteiger partial charge >= 0.3 is 0 Å². The molecule has 0 aliphatic rings. The van der Waals surface area contributed by atoms with Gasteiger partial charge in [0.1, 0.15) is 0 Å². The predicted octanol–water partition coefficient (Wildman–Crippen LogP) is 1.38. The summed E-state index contributed by atoms with van der Waals surface area (Å²) >= 11 is 0. The molecule has 0 saturated carbocycles. The number of likely N-dealkylation sites (N-methyl/N-ethyl adjacent to an activating group) is 1. The van der Waals surface area contributed by atoms with Gasteiger partial charge in [-0.05, 0) is 26.8 Å². The summed E-state index contributed by atoms with van der Waals surface area (Å²) in [5.41, 5.74) is 0. The molecule has 1 N–H and O–H groups in total. The van der Waals surface area contributed by atoms with Crippen molar-refractivity contribution in [3.05, 3.63) is 0 Å². The van der Waals surface area contributed by atoms with Crippen LogP contribution in [0.2, 0.25) is 0 Å². The van der Waals surface area contributed by atoms with Gasteiger partial charge in [0, 0.05) is 19.7 Å². The molecule has 0 aliphatic heterocycles. The highest BCUT2D eigenvalue weighted by Crippen LogP contribution is 2.08. The van der Waals surface area contributed by atoms with Gasteiger partial charge < -0.3 is 19.5 Å². The molecule has 3 atom stereocenters. The summed E-state index contributed by atoms with van der Waals surface area (Å²) in [5, 5.41) is 9.86. The van der Waals surface area contributed by atoms with E-state index < -0.39 is 6.10 Å². The lowest BCUT2D eigenvalue weighted by Gasteiger charge is -2.29. The molecule has 0 rings (SSSR count). The predicted molar refractivity (Wildman–Crippen MR) is 70.2 cm³/mol. The maximum absolute atomic E-state index is 9.86. The second-order valence-corrected chi connectivity index (χ2v) is 5.18. The summed E-state index contributed by atoms with van der Waals surface area (Å²) in [6.45, 7) is 10.0. The quantitative estimate of drug-likeness (QED) is 0.668. The highest BCUT2D eigenvalue weighted by molar-refractivity contribution is 4.70. The SMILES string of the molecule is COCC(C)OCC(O)CN(C)C(C)C(C)C. The summed E-state index contributed by atoms with van der Waals surface area (Å²) in [6.07, 6.45) is -0.414. The molecule has 3 unspecified atom stereocenters. The van der Waals surface area contributed by atoms with E-state index in [9.17, 15) is 5.11 Å². The van der Waals surface area contributed by atoms with E-state index in [1.54, 1.807) is 7.11 Å². The number of rotatable bonds is 9. The molecule has 4 heteroatoms. The van der Waals surface area contributed by atoms with Crippen LogP contribution in [-0.4, -0.2) is 62.2 Å². The molecular formula is C13H29NO3. The van der Waals surface area contributed by atoms with Crippen molar-refractivity contribution in [2.24, 2.45) is 5.92 Å². The molecule has 0 radical (unpaired) electrons. The molecule has 0 aromatic carbocycles. The third-order valence-corrected chi connectivity index (χ3v) is 3.13. The first-order chi connectivity index (χ1) is 7.88. The van der Waals surface area contributed by atoms with E-state index in [0.29, 0.717) is 31.7 Å². The molecule has 4 nitrogen and oxygen atoms in total. The maximum Gasteiger partial charge on any atom is 0.0900 e. The van der Waals surface area contributed by atoms with Gasteiger partial charge in [0.25, 0.3) is 0 Å². The van der Waals surface area contributed by atoms with Gasteiger partial charge in [0.15, 0.2) is 0 Å². The highest BCUT2D eigenvalue weighted by Gasteiger charge is 2.17. The van der Waals surface area contributed by atoms with E-state index in [-0.39, 0.29) is 6.10 Å². The van der Waals surface area contributed by atoms with E-state index >= 15 is 0 Å². The Hall–Kier alpha value is -0.160. The van der Waals surface area contributed by atoms with Crippen molar-refractivity contribution in [2.75, 3.05) is 33.9 Å². The van der Waals surface area contributed by atoms with Gasteiger partial charge in [-0.1, -0.05) is 13.8 Å². The number of hydrogen-bond donors (Lipinski definition) is 1. The molecule has 0 aliphatic carbocycles. The average molecular weight is 247 g/mol. The molecule has 0 spiro atoms. The largest absolute Gasteiger partial charge is 0.389 e. The van der Waals surface area contributed by atoms with Gasteiger partial charge in [-0.2, -0.15) is 0 Å². The number of nitrogens with zero attached hydrogens (tertiary/aromatic N) is 1. The van der Waals surface area contributed by atoms with Gasteiger partial charge in [0.2, 0.25) is 0 Å². The molecule has 104 valence electrons. The number of aliphatic hydroxyl groups excluding tert-OH is 1. The first-order valence-electron chi connectivity index (χ1n) is 6.37. The van der Waals surface area contributed by atoms with E-state index in [4.69, 9.17) is 9.47 Å². The van der Waals surface area contributed by atoms with Crippen molar-refractivity contribution in [1.82, 2.24) is 4.90 Å². The topological polar surface area (TPSA) is 41.9 Å². The molecule has 17 heavy (non-hydrogen) atoms. The molecule has 0 heterocycles. The first-order valence-corrected chi connectivity index (χ1v) is 6.37. The minimum absolute atomic E-state index is 0.0301. The maximum atomic E-state index is 9.86. The summed E-state index contributed by atoms with van der Waals surface area (Å²) in [5.74, 6) is 0.584. The number of methoxy groups -OCH3 is 1. The zero-order chi connectivity index (χ0) is 13.4. The van der Waals surface area contributed by atoms with Crippen LogP contribution in [0.5, 0.6) is 0 Å². The molecule has 0 amide bonds. The Morgan fingerprint density at radius 2 is 1.71 bits per heavy atom. The van der Waals surface area contributed by atoms with Crippen molar-refractivity contribution >= 4 is 0 Å². The zero-order valence-electron chi connectivity index (χ0n) is 12.1. The van der Waals surface area contributed by atoms with Gasteiger partial charge in [0.05, 0.1) is 25.4 Å². The van der Waals surface area contributed by atoms with Crippen molar-refractivity contribution in [2.45, 2.75) is 45.9 Å². The van der Waals surface area contributed by atoms with E-state index in [1.165, 1.54) is 0 Å². The number of hydrogen-bond acceptors (Lipinski definition) is 4. The Balaban J connectivity index is 3.81. The Labute approximate surface area is 106 Å². The molecular weight excluding hydrogens is 218 g/mol. The van der Waals surface area contributed by atoms with Crippen LogP contribution in [0.4, 0.5) is 0 Å². The average Bonchev–Trinajstić information content (AvgIpc) is 2.25. The fraction of sp³-hybridized carbons (Fsp3) is 1.00. The van der Waals surface area contributed by atoms with Gasteiger partial charge in [-0.3, -0.25) is 0 Å². The van der Waals surface area contributed by atoms with Crippen LogP contribution in [0.3, 0.4) is 0 Å². The lowest BCUT2D eigenvalue weighted by Crippen LogP contribution is -2.40. The van der Waals surface area contributed by atoms with Crippen LogP contribution in [0.15, 0.2) is 0 Å². The molecule has 0 bridgehead atoms.